The average Bonchev–Trinajstić information content (AvgIpc) is 2.71. The standard InChI is InChI=1S/C9H11NO3/c11-9(8-2-1-4-13-8)7-6-12-5-3-10-7/h1-2,4,7,10H,3,5-6H2. The van der Waals surface area contributed by atoms with Gasteiger partial charge in [0.25, 0.3) is 0 Å². The maximum atomic E-state index is 11.6. The van der Waals surface area contributed by atoms with E-state index in [9.17, 15) is 4.79 Å². The number of morpholine rings is 1. The van der Waals surface area contributed by atoms with Crippen LogP contribution in [0.25, 0.3) is 0 Å². The van der Waals surface area contributed by atoms with Crippen molar-refractivity contribution in [2.75, 3.05) is 19.8 Å². The Labute approximate surface area is 75.9 Å². The molecule has 13 heavy (non-hydrogen) atoms. The molecule has 1 N–H and O–H groups in total. The molecule has 0 radical (unpaired) electrons. The molecule has 2 rings (SSSR count). The Balaban J connectivity index is 2.04. The number of carbonyl (C=O) groups is 1. The van der Waals surface area contributed by atoms with Gasteiger partial charge in [-0.2, -0.15) is 0 Å². The number of hydrogen-bond acceptors (Lipinski definition) is 4. The third-order valence-corrected chi connectivity index (χ3v) is 2.00. The molecule has 1 aliphatic heterocycles. The summed E-state index contributed by atoms with van der Waals surface area (Å²) in [6.07, 6.45) is 1.50. The molecular weight excluding hydrogens is 170 g/mol. The first kappa shape index (κ1) is 8.47. The summed E-state index contributed by atoms with van der Waals surface area (Å²) >= 11 is 0. The Morgan fingerprint density at radius 2 is 2.54 bits per heavy atom. The summed E-state index contributed by atoms with van der Waals surface area (Å²) in [7, 11) is 0. The molecule has 0 aromatic carbocycles. The van der Waals surface area contributed by atoms with E-state index in [4.69, 9.17) is 9.15 Å². The molecule has 1 aromatic heterocycles. The van der Waals surface area contributed by atoms with Crippen LogP contribution in [0, 0.1) is 0 Å². The second kappa shape index (κ2) is 3.72. The zero-order chi connectivity index (χ0) is 9.10. The molecule has 0 amide bonds. The first-order valence-corrected chi connectivity index (χ1v) is 4.27. The van der Waals surface area contributed by atoms with Crippen LogP contribution in [0.5, 0.6) is 0 Å². The van der Waals surface area contributed by atoms with Crippen molar-refractivity contribution in [2.24, 2.45) is 0 Å². The Hall–Kier alpha value is -1.13. The van der Waals surface area contributed by atoms with Gasteiger partial charge >= 0.3 is 0 Å². The molecule has 1 fully saturated rings. The van der Waals surface area contributed by atoms with Gasteiger partial charge < -0.3 is 14.5 Å². The van der Waals surface area contributed by atoms with Crippen LogP contribution < -0.4 is 5.32 Å². The summed E-state index contributed by atoms with van der Waals surface area (Å²) < 4.78 is 10.2. The van der Waals surface area contributed by atoms with Crippen molar-refractivity contribution in [3.63, 3.8) is 0 Å². The molecule has 0 spiro atoms. The van der Waals surface area contributed by atoms with E-state index in [-0.39, 0.29) is 11.8 Å². The lowest BCUT2D eigenvalue weighted by atomic mass is 10.1. The first-order valence-electron chi connectivity index (χ1n) is 4.27. The minimum absolute atomic E-state index is 0.0373. The van der Waals surface area contributed by atoms with Crippen LogP contribution in [0.2, 0.25) is 0 Å². The minimum Gasteiger partial charge on any atom is -0.461 e. The van der Waals surface area contributed by atoms with Crippen molar-refractivity contribution in [1.29, 1.82) is 0 Å². The van der Waals surface area contributed by atoms with E-state index >= 15 is 0 Å². The minimum atomic E-state index is -0.250. The molecule has 1 unspecified atom stereocenters. The number of hydrogen-bond donors (Lipinski definition) is 1. The van der Waals surface area contributed by atoms with Crippen LogP contribution >= 0.6 is 0 Å². The normalized spacial score (nSPS) is 22.9. The summed E-state index contributed by atoms with van der Waals surface area (Å²) in [5.41, 5.74) is 0. The van der Waals surface area contributed by atoms with Gasteiger partial charge in [-0.25, -0.2) is 0 Å². The number of carbonyl (C=O) groups excluding carboxylic acids is 1. The van der Waals surface area contributed by atoms with E-state index < -0.39 is 0 Å². The highest BCUT2D eigenvalue weighted by Gasteiger charge is 2.23. The van der Waals surface area contributed by atoms with Crippen molar-refractivity contribution < 1.29 is 13.9 Å². The van der Waals surface area contributed by atoms with Gasteiger partial charge in [-0.3, -0.25) is 4.79 Å². The van der Waals surface area contributed by atoms with Gasteiger partial charge in [0.1, 0.15) is 0 Å². The second-order valence-corrected chi connectivity index (χ2v) is 2.92. The fraction of sp³-hybridized carbons (Fsp3) is 0.444. The lowest BCUT2D eigenvalue weighted by Gasteiger charge is -2.21. The number of ketones is 1. The average molecular weight is 181 g/mol. The van der Waals surface area contributed by atoms with Crippen LogP contribution in [0.1, 0.15) is 10.6 Å². The van der Waals surface area contributed by atoms with Gasteiger partial charge in [-0.15, -0.1) is 0 Å². The zero-order valence-electron chi connectivity index (χ0n) is 7.16. The van der Waals surface area contributed by atoms with Crippen molar-refractivity contribution in [1.82, 2.24) is 5.32 Å². The first-order chi connectivity index (χ1) is 6.38. The summed E-state index contributed by atoms with van der Waals surface area (Å²) in [6.45, 7) is 1.82. The second-order valence-electron chi connectivity index (χ2n) is 2.92. The molecule has 2 heterocycles. The predicted octanol–water partition coefficient (Wildman–Crippen LogP) is 0.451. The fourth-order valence-electron chi connectivity index (χ4n) is 1.32. The Kier molecular flexibility index (Phi) is 2.42. The lowest BCUT2D eigenvalue weighted by molar-refractivity contribution is 0.0588. The molecule has 1 atom stereocenters. The van der Waals surface area contributed by atoms with Crippen LogP contribution in [-0.4, -0.2) is 31.6 Å². The smallest absolute Gasteiger partial charge is 0.217 e. The lowest BCUT2D eigenvalue weighted by Crippen LogP contribution is -2.46. The predicted molar refractivity (Wildman–Crippen MR) is 45.6 cm³/mol. The van der Waals surface area contributed by atoms with E-state index in [1.807, 2.05) is 0 Å². The molecule has 0 saturated carbocycles. The number of rotatable bonds is 2. The van der Waals surface area contributed by atoms with Gasteiger partial charge in [0.15, 0.2) is 5.76 Å². The number of ether oxygens (including phenoxy) is 1. The summed E-state index contributed by atoms with van der Waals surface area (Å²) in [5, 5.41) is 3.07. The maximum Gasteiger partial charge on any atom is 0.217 e. The van der Waals surface area contributed by atoms with Crippen molar-refractivity contribution >= 4 is 5.78 Å². The maximum absolute atomic E-state index is 11.6. The molecule has 4 heteroatoms. The SMILES string of the molecule is O=C(c1ccco1)C1COCCN1. The third-order valence-electron chi connectivity index (χ3n) is 2.00. The monoisotopic (exact) mass is 181 g/mol. The van der Waals surface area contributed by atoms with E-state index in [1.165, 1.54) is 6.26 Å². The Bertz CT molecular complexity index is 275. The Morgan fingerprint density at radius 3 is 3.15 bits per heavy atom. The van der Waals surface area contributed by atoms with Gasteiger partial charge in [0.05, 0.1) is 25.5 Å². The number of nitrogens with one attached hydrogen (secondary N) is 1. The highest BCUT2D eigenvalue weighted by atomic mass is 16.5. The van der Waals surface area contributed by atoms with Crippen LogP contribution in [0.3, 0.4) is 0 Å². The van der Waals surface area contributed by atoms with Crippen LogP contribution in [-0.2, 0) is 4.74 Å². The third kappa shape index (κ3) is 1.79. The Morgan fingerprint density at radius 1 is 1.62 bits per heavy atom. The fourth-order valence-corrected chi connectivity index (χ4v) is 1.32. The van der Waals surface area contributed by atoms with E-state index in [2.05, 4.69) is 5.32 Å². The largest absolute Gasteiger partial charge is 0.461 e. The highest BCUT2D eigenvalue weighted by Crippen LogP contribution is 2.06. The molecule has 0 aliphatic carbocycles. The topological polar surface area (TPSA) is 51.5 Å². The molecular formula is C9H11NO3. The zero-order valence-corrected chi connectivity index (χ0v) is 7.16. The van der Waals surface area contributed by atoms with Crippen molar-refractivity contribution in [3.8, 4) is 0 Å². The summed E-state index contributed by atoms with van der Waals surface area (Å²) in [6, 6.07) is 3.12. The highest BCUT2D eigenvalue weighted by molar-refractivity contribution is 5.97. The van der Waals surface area contributed by atoms with Gasteiger partial charge in [-0.05, 0) is 12.1 Å². The molecule has 0 bridgehead atoms. The van der Waals surface area contributed by atoms with Crippen molar-refractivity contribution in [3.05, 3.63) is 24.2 Å². The molecule has 1 aromatic rings. The molecule has 4 nitrogen and oxygen atoms in total. The van der Waals surface area contributed by atoms with Crippen LogP contribution in [0.15, 0.2) is 22.8 Å². The molecule has 1 saturated heterocycles. The van der Waals surface area contributed by atoms with Gasteiger partial charge in [0, 0.05) is 6.54 Å². The molecule has 1 aliphatic rings. The quantitative estimate of drug-likeness (QED) is 0.673. The van der Waals surface area contributed by atoms with Gasteiger partial charge in [0.2, 0.25) is 5.78 Å². The van der Waals surface area contributed by atoms with E-state index in [1.54, 1.807) is 12.1 Å². The van der Waals surface area contributed by atoms with Crippen LogP contribution in [0.4, 0.5) is 0 Å². The summed E-state index contributed by atoms with van der Waals surface area (Å²) in [4.78, 5) is 11.6. The number of furan rings is 1. The summed E-state index contributed by atoms with van der Waals surface area (Å²) in [5.74, 6) is 0.354. The van der Waals surface area contributed by atoms with Gasteiger partial charge in [-0.1, -0.05) is 0 Å². The number of Topliss-reactive ketones (excluding diaryl/α,β-unsaturated/α-hetero) is 1. The molecule has 70 valence electrons. The van der Waals surface area contributed by atoms with E-state index in [0.29, 0.717) is 19.0 Å². The van der Waals surface area contributed by atoms with Crippen molar-refractivity contribution in [2.45, 2.75) is 6.04 Å². The van der Waals surface area contributed by atoms with E-state index in [0.717, 1.165) is 6.54 Å².